The molecule has 1 atom stereocenters. The number of benzene rings is 2. The summed E-state index contributed by atoms with van der Waals surface area (Å²) in [7, 11) is 1.83. The van der Waals surface area contributed by atoms with E-state index < -0.39 is 17.7 Å². The van der Waals surface area contributed by atoms with Crippen LogP contribution in [0.25, 0.3) is 22.2 Å². The first-order valence-corrected chi connectivity index (χ1v) is 10.7. The molecule has 1 aliphatic heterocycles. The Hall–Kier alpha value is -3.59. The number of halogens is 2. The van der Waals surface area contributed by atoms with Gasteiger partial charge in [0.25, 0.3) is 0 Å². The zero-order valence-electron chi connectivity index (χ0n) is 18.5. The normalized spacial score (nSPS) is 16.3. The Morgan fingerprint density at radius 1 is 1.15 bits per heavy atom. The first-order valence-electron chi connectivity index (χ1n) is 10.7. The monoisotopic (exact) mass is 451 g/mol. The van der Waals surface area contributed by atoms with Crippen molar-refractivity contribution in [2.45, 2.75) is 39.4 Å². The molecular weight excluding hydrogens is 428 g/mol. The SMILES string of the molecule is CNCn1c([C@@H]2CCC(=O)N2c2ccc(F)c(F)c2)nc2cc(-c3c(C)noc3C)ccc21. The van der Waals surface area contributed by atoms with E-state index in [1.54, 1.807) is 0 Å². The fourth-order valence-corrected chi connectivity index (χ4v) is 4.66. The first kappa shape index (κ1) is 21.3. The molecule has 7 nitrogen and oxygen atoms in total. The highest BCUT2D eigenvalue weighted by Gasteiger charge is 2.37. The van der Waals surface area contributed by atoms with Crippen LogP contribution in [0.2, 0.25) is 0 Å². The van der Waals surface area contributed by atoms with E-state index in [0.29, 0.717) is 31.0 Å². The number of nitrogens with one attached hydrogen (secondary N) is 1. The summed E-state index contributed by atoms with van der Waals surface area (Å²) in [5, 5.41) is 7.19. The van der Waals surface area contributed by atoms with Gasteiger partial charge < -0.3 is 19.3 Å². The van der Waals surface area contributed by atoms with Gasteiger partial charge in [-0.15, -0.1) is 0 Å². The number of carbonyl (C=O) groups excluding carboxylic acids is 1. The quantitative estimate of drug-likeness (QED) is 0.479. The summed E-state index contributed by atoms with van der Waals surface area (Å²) in [5.41, 5.74) is 4.66. The molecule has 0 unspecified atom stereocenters. The molecule has 9 heteroatoms. The molecule has 0 saturated carbocycles. The number of aromatic nitrogens is 3. The van der Waals surface area contributed by atoms with Crippen molar-refractivity contribution < 1.29 is 18.1 Å². The average molecular weight is 451 g/mol. The molecule has 1 saturated heterocycles. The van der Waals surface area contributed by atoms with Gasteiger partial charge in [-0.05, 0) is 57.1 Å². The summed E-state index contributed by atoms with van der Waals surface area (Å²) >= 11 is 0. The van der Waals surface area contributed by atoms with Gasteiger partial charge in [-0.1, -0.05) is 11.2 Å². The summed E-state index contributed by atoms with van der Waals surface area (Å²) in [6, 6.07) is 9.10. The maximum absolute atomic E-state index is 13.9. The molecule has 1 N–H and O–H groups in total. The zero-order valence-corrected chi connectivity index (χ0v) is 18.5. The van der Waals surface area contributed by atoms with Crippen molar-refractivity contribution in [3.63, 3.8) is 0 Å². The van der Waals surface area contributed by atoms with Gasteiger partial charge in [0.05, 0.1) is 29.4 Å². The van der Waals surface area contributed by atoms with Gasteiger partial charge in [0.15, 0.2) is 11.6 Å². The minimum atomic E-state index is -0.987. The van der Waals surface area contributed by atoms with Crippen LogP contribution >= 0.6 is 0 Å². The van der Waals surface area contributed by atoms with Crippen LogP contribution in [0.1, 0.15) is 36.2 Å². The van der Waals surface area contributed by atoms with Crippen LogP contribution in [0.4, 0.5) is 14.5 Å². The number of nitrogens with zero attached hydrogens (tertiary/aromatic N) is 4. The minimum Gasteiger partial charge on any atom is -0.361 e. The topological polar surface area (TPSA) is 76.2 Å². The van der Waals surface area contributed by atoms with Gasteiger partial charge in [-0.25, -0.2) is 13.8 Å². The molecular formula is C24H23F2N5O2. The Bertz CT molecular complexity index is 1360. The Morgan fingerprint density at radius 2 is 1.97 bits per heavy atom. The second-order valence-corrected chi connectivity index (χ2v) is 8.23. The van der Waals surface area contributed by atoms with E-state index in [1.807, 2.05) is 43.7 Å². The number of rotatable bonds is 5. The third-order valence-electron chi connectivity index (χ3n) is 6.11. The van der Waals surface area contributed by atoms with Gasteiger partial charge in [0, 0.05) is 23.7 Å². The second kappa shape index (κ2) is 8.08. The van der Waals surface area contributed by atoms with Gasteiger partial charge in [-0.2, -0.15) is 0 Å². The first-order chi connectivity index (χ1) is 15.9. The molecule has 5 rings (SSSR count). The summed E-state index contributed by atoms with van der Waals surface area (Å²) in [5.74, 6) is -0.668. The van der Waals surface area contributed by atoms with Crippen LogP contribution < -0.4 is 10.2 Å². The number of hydrogen-bond acceptors (Lipinski definition) is 5. The van der Waals surface area contributed by atoms with Crippen LogP contribution in [-0.2, 0) is 11.5 Å². The third-order valence-corrected chi connectivity index (χ3v) is 6.11. The van der Waals surface area contributed by atoms with Gasteiger partial charge in [0.2, 0.25) is 5.91 Å². The maximum atomic E-state index is 13.9. The van der Waals surface area contributed by atoms with Crippen LogP contribution in [0.15, 0.2) is 40.9 Å². The van der Waals surface area contributed by atoms with Crippen molar-refractivity contribution >= 4 is 22.6 Å². The lowest BCUT2D eigenvalue weighted by atomic mass is 10.0. The van der Waals surface area contributed by atoms with Crippen molar-refractivity contribution in [1.82, 2.24) is 20.0 Å². The van der Waals surface area contributed by atoms with Gasteiger partial charge in [-0.3, -0.25) is 4.79 Å². The molecule has 0 aliphatic carbocycles. The molecule has 0 bridgehead atoms. The Morgan fingerprint density at radius 3 is 2.67 bits per heavy atom. The van der Waals surface area contributed by atoms with Crippen molar-refractivity contribution in [3.05, 3.63) is 65.3 Å². The van der Waals surface area contributed by atoms with E-state index in [1.165, 1.54) is 11.0 Å². The number of aryl methyl sites for hydroxylation is 2. The largest absolute Gasteiger partial charge is 0.361 e. The molecule has 3 heterocycles. The second-order valence-electron chi connectivity index (χ2n) is 8.23. The molecule has 1 fully saturated rings. The summed E-state index contributed by atoms with van der Waals surface area (Å²) in [4.78, 5) is 19.2. The Labute approximate surface area is 189 Å². The van der Waals surface area contributed by atoms with E-state index in [9.17, 15) is 13.6 Å². The summed E-state index contributed by atoms with van der Waals surface area (Å²) in [6.45, 7) is 4.24. The predicted molar refractivity (Wildman–Crippen MR) is 120 cm³/mol. The fraction of sp³-hybridized carbons (Fsp3) is 0.292. The lowest BCUT2D eigenvalue weighted by Gasteiger charge is -2.25. The highest BCUT2D eigenvalue weighted by molar-refractivity contribution is 5.96. The molecule has 1 amide bonds. The van der Waals surface area contributed by atoms with Crippen LogP contribution in [-0.4, -0.2) is 27.7 Å². The van der Waals surface area contributed by atoms with Crippen LogP contribution in [0, 0.1) is 25.5 Å². The van der Waals surface area contributed by atoms with Crippen molar-refractivity contribution in [1.29, 1.82) is 0 Å². The molecule has 1 aliphatic rings. The van der Waals surface area contributed by atoms with E-state index in [2.05, 4.69) is 10.5 Å². The van der Waals surface area contributed by atoms with Gasteiger partial charge in [0.1, 0.15) is 11.6 Å². The summed E-state index contributed by atoms with van der Waals surface area (Å²) < 4.78 is 34.8. The maximum Gasteiger partial charge on any atom is 0.227 e. The highest BCUT2D eigenvalue weighted by atomic mass is 19.2. The van der Waals surface area contributed by atoms with Crippen molar-refractivity contribution in [2.24, 2.45) is 0 Å². The van der Waals surface area contributed by atoms with E-state index >= 15 is 0 Å². The van der Waals surface area contributed by atoms with Crippen molar-refractivity contribution in [2.75, 3.05) is 11.9 Å². The molecule has 2 aromatic heterocycles. The predicted octanol–water partition coefficient (Wildman–Crippen LogP) is 4.63. The van der Waals surface area contributed by atoms with E-state index in [4.69, 9.17) is 9.51 Å². The average Bonchev–Trinajstić information content (AvgIpc) is 3.45. The summed E-state index contributed by atoms with van der Waals surface area (Å²) in [6.07, 6.45) is 0.832. The number of fused-ring (bicyclic) bond motifs is 1. The number of hydrogen-bond donors (Lipinski definition) is 1. The number of anilines is 1. The highest BCUT2D eigenvalue weighted by Crippen LogP contribution is 2.39. The smallest absolute Gasteiger partial charge is 0.227 e. The lowest BCUT2D eigenvalue weighted by Crippen LogP contribution is -2.30. The van der Waals surface area contributed by atoms with Crippen LogP contribution in [0.5, 0.6) is 0 Å². The third kappa shape index (κ3) is 3.48. The molecule has 170 valence electrons. The van der Waals surface area contributed by atoms with E-state index in [0.717, 1.165) is 45.7 Å². The van der Waals surface area contributed by atoms with Crippen molar-refractivity contribution in [3.8, 4) is 11.1 Å². The van der Waals surface area contributed by atoms with Crippen LogP contribution in [0.3, 0.4) is 0 Å². The molecule has 2 aromatic carbocycles. The molecule has 4 aromatic rings. The number of carbonyl (C=O) groups is 1. The molecule has 0 spiro atoms. The lowest BCUT2D eigenvalue weighted by molar-refractivity contribution is -0.117. The Kier molecular flexibility index (Phi) is 5.20. The minimum absolute atomic E-state index is 0.148. The van der Waals surface area contributed by atoms with Gasteiger partial charge >= 0.3 is 0 Å². The zero-order chi connectivity index (χ0) is 23.3. The standard InChI is InChI=1S/C24H23F2N5O2/c1-13-23(14(2)33-29-13)15-4-7-20-19(10-15)28-24(30(20)12-27-3)21-8-9-22(32)31(21)16-5-6-17(25)18(26)11-16/h4-7,10-11,21,27H,8-9,12H2,1-3H3/t21-/m0/s1. The Balaban J connectivity index is 1.63. The number of imidazole rings is 1. The molecule has 33 heavy (non-hydrogen) atoms. The number of amides is 1. The fourth-order valence-electron chi connectivity index (χ4n) is 4.66. The molecule has 0 radical (unpaired) electrons. The van der Waals surface area contributed by atoms with E-state index in [-0.39, 0.29) is 5.91 Å².